The van der Waals surface area contributed by atoms with Crippen LogP contribution in [0.25, 0.3) is 0 Å². The van der Waals surface area contributed by atoms with Gasteiger partial charge in [0, 0.05) is 27.7 Å². The lowest BCUT2D eigenvalue weighted by molar-refractivity contribution is -0.257. The maximum atomic E-state index is 11.9. The van der Waals surface area contributed by atoms with Crippen molar-refractivity contribution in [2.45, 2.75) is 72.2 Å². The van der Waals surface area contributed by atoms with Crippen molar-refractivity contribution < 1.29 is 42.9 Å². The number of aryl methyl sites for hydroxylation is 2. The second-order valence-corrected chi connectivity index (χ2v) is 7.61. The second kappa shape index (κ2) is 10.9. The molecule has 176 valence electrons. The Morgan fingerprint density at radius 2 is 1.56 bits per heavy atom. The van der Waals surface area contributed by atoms with Crippen LogP contribution in [0.4, 0.5) is 0 Å². The number of hydrogen-bond donors (Lipinski definition) is 1. The van der Waals surface area contributed by atoms with E-state index in [2.05, 4.69) is 5.32 Å². The lowest BCUT2D eigenvalue weighted by Crippen LogP contribution is -2.67. The lowest BCUT2D eigenvalue weighted by Gasteiger charge is -2.44. The Balaban J connectivity index is 2.47. The molecule has 0 unspecified atom stereocenters. The van der Waals surface area contributed by atoms with E-state index < -0.39 is 54.5 Å². The molecule has 0 bridgehead atoms. The number of rotatable bonds is 7. The molecule has 0 radical (unpaired) electrons. The zero-order chi connectivity index (χ0) is 24.0. The summed E-state index contributed by atoms with van der Waals surface area (Å²) >= 11 is 0. The molecule has 2 rings (SSSR count). The largest absolute Gasteiger partial charge is 0.463 e. The van der Waals surface area contributed by atoms with E-state index >= 15 is 0 Å². The molecule has 0 saturated carbocycles. The molecule has 5 atom stereocenters. The van der Waals surface area contributed by atoms with Gasteiger partial charge in [0.2, 0.25) is 12.2 Å². The molecule has 0 spiro atoms. The first-order valence-electron chi connectivity index (χ1n) is 10.1. The van der Waals surface area contributed by atoms with Gasteiger partial charge in [0.15, 0.2) is 12.2 Å². The molecule has 0 aliphatic carbocycles. The highest BCUT2D eigenvalue weighted by atomic mass is 16.7. The average molecular weight is 451 g/mol. The normalized spacial score (nSPS) is 24.8. The Morgan fingerprint density at radius 3 is 2.09 bits per heavy atom. The van der Waals surface area contributed by atoms with Crippen LogP contribution in [0.1, 0.15) is 38.8 Å². The van der Waals surface area contributed by atoms with Gasteiger partial charge in [0.25, 0.3) is 0 Å². The minimum Gasteiger partial charge on any atom is -0.463 e. The first-order valence-corrected chi connectivity index (χ1v) is 10.1. The number of amides is 1. The van der Waals surface area contributed by atoms with Gasteiger partial charge in [0.05, 0.1) is 0 Å². The summed E-state index contributed by atoms with van der Waals surface area (Å²) in [4.78, 5) is 46.9. The first kappa shape index (κ1) is 25.1. The number of carbonyl (C=O) groups is 4. The van der Waals surface area contributed by atoms with E-state index in [0.717, 1.165) is 11.1 Å². The highest BCUT2D eigenvalue weighted by Crippen LogP contribution is 2.30. The molecular formula is C22H29NO9. The summed E-state index contributed by atoms with van der Waals surface area (Å²) in [6, 6.07) is 4.49. The quantitative estimate of drug-likeness (QED) is 0.483. The third-order valence-electron chi connectivity index (χ3n) is 4.64. The van der Waals surface area contributed by atoms with Crippen molar-refractivity contribution in [3.05, 3.63) is 29.3 Å². The van der Waals surface area contributed by atoms with Crippen LogP contribution in [-0.2, 0) is 38.1 Å². The Morgan fingerprint density at radius 1 is 0.938 bits per heavy atom. The number of ether oxygens (including phenoxy) is 5. The van der Waals surface area contributed by atoms with Gasteiger partial charge in [0.1, 0.15) is 24.5 Å². The van der Waals surface area contributed by atoms with Gasteiger partial charge in [-0.15, -0.1) is 0 Å². The van der Waals surface area contributed by atoms with Crippen molar-refractivity contribution in [1.82, 2.24) is 5.32 Å². The fraction of sp³-hybridized carbons (Fsp3) is 0.545. The molecular weight excluding hydrogens is 422 g/mol. The Bertz CT molecular complexity index is 869. The van der Waals surface area contributed by atoms with E-state index in [1.165, 1.54) is 27.7 Å². The predicted molar refractivity (Wildman–Crippen MR) is 111 cm³/mol. The second-order valence-electron chi connectivity index (χ2n) is 7.61. The summed E-state index contributed by atoms with van der Waals surface area (Å²) in [5.41, 5.74) is 1.84. The molecule has 0 aromatic heterocycles. The van der Waals surface area contributed by atoms with E-state index in [9.17, 15) is 19.2 Å². The summed E-state index contributed by atoms with van der Waals surface area (Å²) in [7, 11) is 0. The summed E-state index contributed by atoms with van der Waals surface area (Å²) in [6.45, 7) is 8.36. The van der Waals surface area contributed by atoms with Crippen LogP contribution >= 0.6 is 0 Å². The fourth-order valence-electron chi connectivity index (χ4n) is 3.45. The van der Waals surface area contributed by atoms with Gasteiger partial charge in [-0.05, 0) is 25.5 Å². The van der Waals surface area contributed by atoms with Crippen LogP contribution < -0.4 is 10.1 Å². The molecule has 32 heavy (non-hydrogen) atoms. The van der Waals surface area contributed by atoms with Gasteiger partial charge in [-0.25, -0.2) is 0 Å². The maximum absolute atomic E-state index is 11.9. The molecule has 1 heterocycles. The van der Waals surface area contributed by atoms with Crippen LogP contribution in [0.3, 0.4) is 0 Å². The number of benzene rings is 1. The summed E-state index contributed by atoms with van der Waals surface area (Å²) in [5.74, 6) is -1.87. The van der Waals surface area contributed by atoms with Crippen LogP contribution in [0.5, 0.6) is 5.75 Å². The average Bonchev–Trinajstić information content (AvgIpc) is 2.65. The SMILES string of the molecule is CC(=O)N[C@@H]1[C@H](Oc2ccc(C)cc2C)O[C@H](COC(C)=O)[C@H](OC(C)=O)[C@H]1OC(C)=O. The third-order valence-corrected chi connectivity index (χ3v) is 4.64. The predicted octanol–water partition coefficient (Wildman–Crippen LogP) is 1.34. The molecule has 1 aromatic carbocycles. The van der Waals surface area contributed by atoms with Gasteiger partial charge in [-0.2, -0.15) is 0 Å². The number of hydrogen-bond acceptors (Lipinski definition) is 9. The van der Waals surface area contributed by atoms with Crippen LogP contribution in [0.15, 0.2) is 18.2 Å². The standard InChI is InChI=1S/C22H29NO9/c1-11-7-8-17(12(2)9-11)31-22-19(23-13(3)24)21(30-16(6)27)20(29-15(5)26)18(32-22)10-28-14(4)25/h7-9,18-22H,10H2,1-6H3,(H,23,24)/t18-,19+,20+,21+,22-/m1/s1. The molecule has 1 saturated heterocycles. The number of carbonyl (C=O) groups excluding carboxylic acids is 4. The third kappa shape index (κ3) is 6.94. The molecule has 1 amide bonds. The number of nitrogens with one attached hydrogen (secondary N) is 1. The molecule has 1 aliphatic rings. The van der Waals surface area contributed by atoms with Crippen LogP contribution in [0.2, 0.25) is 0 Å². The van der Waals surface area contributed by atoms with Crippen molar-refractivity contribution in [2.24, 2.45) is 0 Å². The maximum Gasteiger partial charge on any atom is 0.303 e. The molecule has 1 fully saturated rings. The van der Waals surface area contributed by atoms with Gasteiger partial charge < -0.3 is 29.0 Å². The summed E-state index contributed by atoms with van der Waals surface area (Å²) in [6.07, 6.45) is -4.48. The smallest absolute Gasteiger partial charge is 0.303 e. The van der Waals surface area contributed by atoms with Crippen LogP contribution in [0, 0.1) is 13.8 Å². The fourth-order valence-corrected chi connectivity index (χ4v) is 3.45. The zero-order valence-electron chi connectivity index (χ0n) is 19.0. The van der Waals surface area contributed by atoms with Crippen LogP contribution in [-0.4, -0.2) is 61.1 Å². The minimum absolute atomic E-state index is 0.287. The topological polar surface area (TPSA) is 126 Å². The first-order chi connectivity index (χ1) is 15.0. The van der Waals surface area contributed by atoms with E-state index in [1.807, 2.05) is 26.0 Å². The van der Waals surface area contributed by atoms with Gasteiger partial charge >= 0.3 is 17.9 Å². The Kier molecular flexibility index (Phi) is 8.59. The van der Waals surface area contributed by atoms with E-state index in [4.69, 9.17) is 23.7 Å². The summed E-state index contributed by atoms with van der Waals surface area (Å²) < 4.78 is 27.9. The van der Waals surface area contributed by atoms with Crippen molar-refractivity contribution in [3.63, 3.8) is 0 Å². The lowest BCUT2D eigenvalue weighted by atomic mass is 9.96. The zero-order valence-corrected chi connectivity index (χ0v) is 19.0. The van der Waals surface area contributed by atoms with Crippen molar-refractivity contribution in [1.29, 1.82) is 0 Å². The van der Waals surface area contributed by atoms with Gasteiger partial charge in [-0.1, -0.05) is 17.7 Å². The molecule has 10 heteroatoms. The minimum atomic E-state index is -1.16. The van der Waals surface area contributed by atoms with E-state index in [1.54, 1.807) is 6.07 Å². The van der Waals surface area contributed by atoms with E-state index in [-0.39, 0.29) is 6.61 Å². The van der Waals surface area contributed by atoms with Crippen molar-refractivity contribution in [3.8, 4) is 5.75 Å². The van der Waals surface area contributed by atoms with Crippen molar-refractivity contribution >= 4 is 23.8 Å². The highest BCUT2D eigenvalue weighted by Gasteiger charge is 2.52. The molecule has 1 aliphatic heterocycles. The highest BCUT2D eigenvalue weighted by molar-refractivity contribution is 5.73. The molecule has 1 aromatic rings. The summed E-state index contributed by atoms with van der Waals surface area (Å²) in [5, 5.41) is 2.66. The molecule has 1 N–H and O–H groups in total. The van der Waals surface area contributed by atoms with Gasteiger partial charge in [-0.3, -0.25) is 19.2 Å². The van der Waals surface area contributed by atoms with Crippen molar-refractivity contribution in [2.75, 3.05) is 6.61 Å². The Labute approximate surface area is 186 Å². The number of esters is 3. The van der Waals surface area contributed by atoms with E-state index in [0.29, 0.717) is 5.75 Å². The monoisotopic (exact) mass is 451 g/mol. The molecule has 10 nitrogen and oxygen atoms in total. The Hall–Kier alpha value is -3.14.